The van der Waals surface area contributed by atoms with Crippen molar-refractivity contribution in [3.63, 3.8) is 0 Å². The van der Waals surface area contributed by atoms with E-state index in [1.807, 2.05) is 0 Å². The van der Waals surface area contributed by atoms with E-state index in [0.29, 0.717) is 32.1 Å². The summed E-state index contributed by atoms with van der Waals surface area (Å²) in [7, 11) is 0. The van der Waals surface area contributed by atoms with Crippen molar-refractivity contribution in [3.05, 3.63) is 55.9 Å². The number of primary amides is 1. The fourth-order valence-corrected chi connectivity index (χ4v) is 4.95. The third-order valence-electron chi connectivity index (χ3n) is 4.37. The number of carbonyl (C=O) groups excluding carboxylic acids is 2. The Labute approximate surface area is 166 Å². The summed E-state index contributed by atoms with van der Waals surface area (Å²) in [6.07, 6.45) is 5.73. The van der Waals surface area contributed by atoms with Crippen LogP contribution in [-0.2, 0) is 17.6 Å². The Morgan fingerprint density at radius 2 is 2.12 bits per heavy atom. The number of thiophene rings is 1. The molecule has 1 atom stereocenters. The number of fused-ring (bicyclic) bond motifs is 1. The second kappa shape index (κ2) is 7.82. The average molecular weight is 409 g/mol. The molecule has 136 valence electrons. The molecule has 0 unspecified atom stereocenters. The first-order valence-corrected chi connectivity index (χ1v) is 9.81. The lowest BCUT2D eigenvalue weighted by atomic mass is 9.88. The Morgan fingerprint density at radius 1 is 1.35 bits per heavy atom. The molecule has 2 aromatic rings. The van der Waals surface area contributed by atoms with Crippen LogP contribution in [0.25, 0.3) is 6.08 Å². The number of hydrogen-bond acceptors (Lipinski definition) is 3. The van der Waals surface area contributed by atoms with Gasteiger partial charge in [-0.1, -0.05) is 36.2 Å². The van der Waals surface area contributed by atoms with E-state index >= 15 is 0 Å². The Balaban J connectivity index is 1.81. The molecule has 7 heteroatoms. The Morgan fingerprint density at radius 3 is 2.81 bits per heavy atom. The maximum Gasteiger partial charge on any atom is 0.251 e. The minimum Gasteiger partial charge on any atom is -0.365 e. The molecule has 1 aliphatic rings. The molecular weight excluding hydrogens is 391 g/mol. The van der Waals surface area contributed by atoms with Crippen LogP contribution in [0.5, 0.6) is 0 Å². The smallest absolute Gasteiger partial charge is 0.251 e. The zero-order valence-corrected chi connectivity index (χ0v) is 16.5. The highest BCUT2D eigenvalue weighted by Gasteiger charge is 2.26. The topological polar surface area (TPSA) is 72.2 Å². The van der Waals surface area contributed by atoms with Crippen molar-refractivity contribution in [2.24, 2.45) is 11.7 Å². The molecular formula is C19H18Cl2N2O2S. The van der Waals surface area contributed by atoms with E-state index in [9.17, 15) is 9.59 Å². The SMILES string of the molecule is C[C@@H]1CCc2c(sc(NC(=O)/C=C/c3ccc(Cl)cc3Cl)c2C(N)=O)C1. The molecule has 1 heterocycles. The number of nitrogens with one attached hydrogen (secondary N) is 1. The van der Waals surface area contributed by atoms with E-state index in [2.05, 4.69) is 12.2 Å². The largest absolute Gasteiger partial charge is 0.365 e. The lowest BCUT2D eigenvalue weighted by Gasteiger charge is -2.18. The summed E-state index contributed by atoms with van der Waals surface area (Å²) in [5.74, 6) is -0.278. The van der Waals surface area contributed by atoms with Crippen LogP contribution >= 0.6 is 34.5 Å². The molecule has 0 aliphatic heterocycles. The van der Waals surface area contributed by atoms with Gasteiger partial charge in [0.25, 0.3) is 5.91 Å². The third-order valence-corrected chi connectivity index (χ3v) is 6.10. The minimum atomic E-state index is -0.503. The van der Waals surface area contributed by atoms with Crippen LogP contribution in [-0.4, -0.2) is 11.8 Å². The van der Waals surface area contributed by atoms with Crippen molar-refractivity contribution in [1.82, 2.24) is 0 Å². The van der Waals surface area contributed by atoms with Crippen LogP contribution in [0.1, 0.15) is 39.7 Å². The number of hydrogen-bond donors (Lipinski definition) is 2. The van der Waals surface area contributed by atoms with Gasteiger partial charge in [-0.2, -0.15) is 0 Å². The van der Waals surface area contributed by atoms with Gasteiger partial charge >= 0.3 is 0 Å². The number of amides is 2. The molecule has 3 N–H and O–H groups in total. The predicted molar refractivity (Wildman–Crippen MR) is 108 cm³/mol. The van der Waals surface area contributed by atoms with Gasteiger partial charge in [-0.25, -0.2) is 0 Å². The number of nitrogens with two attached hydrogens (primary N) is 1. The van der Waals surface area contributed by atoms with Crippen LogP contribution in [0.4, 0.5) is 5.00 Å². The van der Waals surface area contributed by atoms with Gasteiger partial charge in [0.1, 0.15) is 5.00 Å². The van der Waals surface area contributed by atoms with Crippen LogP contribution in [0.2, 0.25) is 10.0 Å². The van der Waals surface area contributed by atoms with Gasteiger partial charge in [0, 0.05) is 21.0 Å². The van der Waals surface area contributed by atoms with Gasteiger partial charge < -0.3 is 11.1 Å². The van der Waals surface area contributed by atoms with E-state index in [1.165, 1.54) is 17.4 Å². The number of carbonyl (C=O) groups is 2. The minimum absolute atomic E-state index is 0.342. The fourth-order valence-electron chi connectivity index (χ4n) is 3.06. The molecule has 0 radical (unpaired) electrons. The lowest BCUT2D eigenvalue weighted by molar-refractivity contribution is -0.111. The summed E-state index contributed by atoms with van der Waals surface area (Å²) in [6.45, 7) is 2.18. The van der Waals surface area contributed by atoms with Crippen molar-refractivity contribution >= 4 is 57.4 Å². The molecule has 0 saturated heterocycles. The van der Waals surface area contributed by atoms with Gasteiger partial charge in [-0.3, -0.25) is 9.59 Å². The maximum absolute atomic E-state index is 12.3. The summed E-state index contributed by atoms with van der Waals surface area (Å²) in [5.41, 5.74) is 7.68. The second-order valence-electron chi connectivity index (χ2n) is 6.41. The summed E-state index contributed by atoms with van der Waals surface area (Å²) in [6, 6.07) is 5.04. The molecule has 0 bridgehead atoms. The third kappa shape index (κ3) is 4.11. The van der Waals surface area contributed by atoms with Gasteiger partial charge in [0.15, 0.2) is 0 Å². The maximum atomic E-state index is 12.3. The van der Waals surface area contributed by atoms with Crippen molar-refractivity contribution in [2.75, 3.05) is 5.32 Å². The monoisotopic (exact) mass is 408 g/mol. The van der Waals surface area contributed by atoms with Crippen LogP contribution in [0.3, 0.4) is 0 Å². The van der Waals surface area contributed by atoms with Crippen LogP contribution in [0, 0.1) is 5.92 Å². The number of anilines is 1. The first kappa shape index (κ1) is 19.0. The second-order valence-corrected chi connectivity index (χ2v) is 8.36. The summed E-state index contributed by atoms with van der Waals surface area (Å²) in [4.78, 5) is 25.3. The highest BCUT2D eigenvalue weighted by Crippen LogP contribution is 2.39. The van der Waals surface area contributed by atoms with E-state index in [1.54, 1.807) is 24.3 Å². The zero-order valence-electron chi connectivity index (χ0n) is 14.1. The van der Waals surface area contributed by atoms with Crippen LogP contribution < -0.4 is 11.1 Å². The summed E-state index contributed by atoms with van der Waals surface area (Å²) in [5, 5.41) is 4.30. The molecule has 0 fully saturated rings. The van der Waals surface area contributed by atoms with Gasteiger partial charge in [-0.15, -0.1) is 11.3 Å². The molecule has 4 nitrogen and oxygen atoms in total. The molecule has 1 aliphatic carbocycles. The highest BCUT2D eigenvalue weighted by molar-refractivity contribution is 7.17. The normalized spacial score (nSPS) is 16.5. The quantitative estimate of drug-likeness (QED) is 0.703. The lowest BCUT2D eigenvalue weighted by Crippen LogP contribution is -2.18. The Bertz CT molecular complexity index is 905. The Hall–Kier alpha value is -1.82. The number of rotatable bonds is 4. The summed E-state index contributed by atoms with van der Waals surface area (Å²) >= 11 is 13.4. The van der Waals surface area contributed by atoms with Crippen molar-refractivity contribution in [3.8, 4) is 0 Å². The van der Waals surface area contributed by atoms with E-state index in [0.717, 1.165) is 29.7 Å². The predicted octanol–water partition coefficient (Wildman–Crippen LogP) is 4.93. The molecule has 26 heavy (non-hydrogen) atoms. The zero-order chi connectivity index (χ0) is 18.8. The van der Waals surface area contributed by atoms with E-state index in [-0.39, 0.29) is 5.91 Å². The molecule has 1 aromatic heterocycles. The molecule has 0 saturated carbocycles. The first-order valence-electron chi connectivity index (χ1n) is 8.23. The molecule has 1 aromatic carbocycles. The van der Waals surface area contributed by atoms with Crippen molar-refractivity contribution < 1.29 is 9.59 Å². The highest BCUT2D eigenvalue weighted by atomic mass is 35.5. The molecule has 0 spiro atoms. The summed E-state index contributed by atoms with van der Waals surface area (Å²) < 4.78 is 0. The fraction of sp³-hybridized carbons (Fsp3) is 0.263. The van der Waals surface area contributed by atoms with Gasteiger partial charge in [0.05, 0.1) is 5.56 Å². The van der Waals surface area contributed by atoms with Crippen molar-refractivity contribution in [1.29, 1.82) is 0 Å². The average Bonchev–Trinajstić information content (AvgIpc) is 2.90. The van der Waals surface area contributed by atoms with E-state index in [4.69, 9.17) is 28.9 Å². The van der Waals surface area contributed by atoms with Crippen molar-refractivity contribution in [2.45, 2.75) is 26.2 Å². The van der Waals surface area contributed by atoms with Crippen LogP contribution in [0.15, 0.2) is 24.3 Å². The van der Waals surface area contributed by atoms with E-state index < -0.39 is 5.91 Å². The van der Waals surface area contributed by atoms with Gasteiger partial charge in [-0.05, 0) is 54.5 Å². The Kier molecular flexibility index (Phi) is 5.70. The number of benzene rings is 1. The van der Waals surface area contributed by atoms with Gasteiger partial charge in [0.2, 0.25) is 5.91 Å². The first-order chi connectivity index (χ1) is 12.3. The molecule has 3 rings (SSSR count). The standard InChI is InChI=1S/C19H18Cl2N2O2S/c1-10-2-6-13-15(8-10)26-19(17(13)18(22)25)23-16(24)7-4-11-3-5-12(20)9-14(11)21/h3-5,7,9-10H,2,6,8H2,1H3,(H2,22,25)(H,23,24)/b7-4+/t10-/m1/s1. The number of halogens is 2. The molecule has 2 amide bonds.